The highest BCUT2D eigenvalue weighted by Gasteiger charge is 2.27. The Balaban J connectivity index is 1.97. The molecule has 3 rings (SSSR count). The molecular formula is C16H14BrN3O2S2. The van der Waals surface area contributed by atoms with Crippen molar-refractivity contribution in [2.24, 2.45) is 5.10 Å². The van der Waals surface area contributed by atoms with Crippen molar-refractivity contribution in [1.82, 2.24) is 4.41 Å². The van der Waals surface area contributed by atoms with Crippen molar-refractivity contribution >= 4 is 43.0 Å². The van der Waals surface area contributed by atoms with Crippen LogP contribution in [-0.4, -0.2) is 25.1 Å². The fourth-order valence-electron chi connectivity index (χ4n) is 2.43. The van der Waals surface area contributed by atoms with Crippen molar-refractivity contribution in [3.8, 4) is 6.07 Å². The molecule has 0 saturated carbocycles. The van der Waals surface area contributed by atoms with Crippen molar-refractivity contribution in [2.45, 2.75) is 23.5 Å². The van der Waals surface area contributed by atoms with Crippen LogP contribution in [0.4, 0.5) is 0 Å². The van der Waals surface area contributed by atoms with Gasteiger partial charge in [0.1, 0.15) is 4.21 Å². The minimum Gasteiger partial charge on any atom is -0.199 e. The molecule has 0 atom stereocenters. The molecule has 1 aromatic heterocycles. The molecule has 1 aliphatic heterocycles. The van der Waals surface area contributed by atoms with E-state index in [4.69, 9.17) is 5.26 Å². The van der Waals surface area contributed by atoms with E-state index in [1.165, 1.54) is 15.8 Å². The van der Waals surface area contributed by atoms with Gasteiger partial charge in [0.05, 0.1) is 27.7 Å². The first-order chi connectivity index (χ1) is 11.5. The zero-order valence-electron chi connectivity index (χ0n) is 12.6. The van der Waals surface area contributed by atoms with Gasteiger partial charge in [-0.1, -0.05) is 12.1 Å². The van der Waals surface area contributed by atoms with Crippen LogP contribution < -0.4 is 0 Å². The fourth-order valence-corrected chi connectivity index (χ4v) is 5.84. The molecule has 1 aliphatic rings. The van der Waals surface area contributed by atoms with Gasteiger partial charge in [-0.2, -0.15) is 23.2 Å². The van der Waals surface area contributed by atoms with Gasteiger partial charge >= 0.3 is 0 Å². The van der Waals surface area contributed by atoms with E-state index in [9.17, 15) is 8.42 Å². The van der Waals surface area contributed by atoms with E-state index in [0.29, 0.717) is 18.5 Å². The summed E-state index contributed by atoms with van der Waals surface area (Å²) in [5.41, 5.74) is 2.15. The van der Waals surface area contributed by atoms with Gasteiger partial charge in [0, 0.05) is 0 Å². The summed E-state index contributed by atoms with van der Waals surface area (Å²) in [5.74, 6) is 0. The number of sulfonamides is 1. The van der Waals surface area contributed by atoms with Gasteiger partial charge in [0.15, 0.2) is 0 Å². The van der Waals surface area contributed by atoms with Gasteiger partial charge in [-0.15, -0.1) is 11.3 Å². The van der Waals surface area contributed by atoms with Crippen molar-refractivity contribution in [1.29, 1.82) is 5.26 Å². The maximum Gasteiger partial charge on any atom is 0.288 e. The lowest BCUT2D eigenvalue weighted by Crippen LogP contribution is -2.26. The lowest BCUT2D eigenvalue weighted by atomic mass is 10.0. The molecule has 0 N–H and O–H groups in total. The molecule has 0 fully saturated rings. The summed E-state index contributed by atoms with van der Waals surface area (Å²) in [5, 5.41) is 13.3. The Morgan fingerprint density at radius 2 is 1.92 bits per heavy atom. The highest BCUT2D eigenvalue weighted by molar-refractivity contribution is 9.11. The largest absolute Gasteiger partial charge is 0.288 e. The van der Waals surface area contributed by atoms with Crippen molar-refractivity contribution in [2.75, 3.05) is 6.54 Å². The van der Waals surface area contributed by atoms with E-state index < -0.39 is 10.0 Å². The van der Waals surface area contributed by atoms with Gasteiger partial charge in [0.25, 0.3) is 10.0 Å². The Bertz CT molecular complexity index is 912. The van der Waals surface area contributed by atoms with Crippen LogP contribution in [0.25, 0.3) is 0 Å². The lowest BCUT2D eigenvalue weighted by Gasteiger charge is -2.17. The molecule has 2 aromatic rings. The quantitative estimate of drug-likeness (QED) is 0.749. The van der Waals surface area contributed by atoms with Crippen LogP contribution in [0.15, 0.2) is 49.5 Å². The minimum atomic E-state index is -3.64. The smallest absolute Gasteiger partial charge is 0.199 e. The van der Waals surface area contributed by atoms with Gasteiger partial charge in [-0.3, -0.25) is 0 Å². The molecule has 0 unspecified atom stereocenters. The van der Waals surface area contributed by atoms with Gasteiger partial charge in [-0.25, -0.2) is 0 Å². The van der Waals surface area contributed by atoms with E-state index in [0.717, 1.165) is 27.9 Å². The summed E-state index contributed by atoms with van der Waals surface area (Å²) in [6.45, 7) is 0.373. The summed E-state index contributed by atoms with van der Waals surface area (Å²) in [6, 6.07) is 12.5. The van der Waals surface area contributed by atoms with Gasteiger partial charge in [0.2, 0.25) is 0 Å². The number of hydrogen-bond acceptors (Lipinski definition) is 5. The molecule has 0 aliphatic carbocycles. The van der Waals surface area contributed by atoms with Crippen LogP contribution in [0, 0.1) is 11.3 Å². The van der Waals surface area contributed by atoms with Crippen LogP contribution in [0.2, 0.25) is 0 Å². The van der Waals surface area contributed by atoms with Crippen LogP contribution in [0.1, 0.15) is 30.4 Å². The number of hydrazone groups is 1. The number of nitriles is 1. The second kappa shape index (κ2) is 7.05. The van der Waals surface area contributed by atoms with E-state index in [1.807, 2.05) is 12.1 Å². The normalized spacial score (nSPS) is 15.5. The van der Waals surface area contributed by atoms with Gasteiger partial charge in [-0.05, 0) is 65.0 Å². The topological polar surface area (TPSA) is 73.5 Å². The second-order valence-electron chi connectivity index (χ2n) is 5.30. The standard InChI is InChI=1S/C16H14BrN3O2S2/c17-15-8-9-16(23-15)24(21,22)20-10-2-1-3-14(19-20)13-6-4-12(11-18)5-7-13/h4-9H,1-3,10H2. The van der Waals surface area contributed by atoms with E-state index >= 15 is 0 Å². The Labute approximate surface area is 153 Å². The molecule has 0 saturated heterocycles. The number of benzene rings is 1. The average molecular weight is 424 g/mol. The molecule has 0 radical (unpaired) electrons. The van der Waals surface area contributed by atoms with Crippen LogP contribution in [0.3, 0.4) is 0 Å². The first-order valence-corrected chi connectivity index (χ1v) is 10.4. The van der Waals surface area contributed by atoms with Crippen molar-refractivity contribution < 1.29 is 8.42 Å². The summed E-state index contributed by atoms with van der Waals surface area (Å²) in [6.07, 6.45) is 2.35. The first-order valence-electron chi connectivity index (χ1n) is 7.37. The molecule has 5 nitrogen and oxygen atoms in total. The molecular weight excluding hydrogens is 410 g/mol. The molecule has 0 bridgehead atoms. The molecule has 1 aromatic carbocycles. The Hall–Kier alpha value is -1.69. The molecule has 2 heterocycles. The summed E-state index contributed by atoms with van der Waals surface area (Å²) in [7, 11) is -3.64. The predicted molar refractivity (Wildman–Crippen MR) is 97.5 cm³/mol. The number of rotatable bonds is 3. The number of nitrogens with zero attached hydrogens (tertiary/aromatic N) is 3. The van der Waals surface area contributed by atoms with E-state index in [1.54, 1.807) is 24.3 Å². The number of thiophene rings is 1. The Morgan fingerprint density at radius 1 is 1.17 bits per heavy atom. The third-order valence-electron chi connectivity index (χ3n) is 3.67. The third-order valence-corrected chi connectivity index (χ3v) is 7.44. The summed E-state index contributed by atoms with van der Waals surface area (Å²) in [4.78, 5) is 0. The maximum absolute atomic E-state index is 12.8. The highest BCUT2D eigenvalue weighted by Crippen LogP contribution is 2.30. The average Bonchev–Trinajstić information content (AvgIpc) is 2.88. The van der Waals surface area contributed by atoms with Crippen molar-refractivity contribution in [3.05, 3.63) is 51.3 Å². The minimum absolute atomic E-state index is 0.277. The fraction of sp³-hybridized carbons (Fsp3) is 0.250. The predicted octanol–water partition coefficient (Wildman–Crippen LogP) is 3.96. The second-order valence-corrected chi connectivity index (χ2v) is 9.84. The van der Waals surface area contributed by atoms with Crippen LogP contribution in [-0.2, 0) is 10.0 Å². The highest BCUT2D eigenvalue weighted by atomic mass is 79.9. The summed E-state index contributed by atoms with van der Waals surface area (Å²) < 4.78 is 27.8. The monoisotopic (exact) mass is 423 g/mol. The number of hydrogen-bond donors (Lipinski definition) is 0. The summed E-state index contributed by atoms with van der Waals surface area (Å²) >= 11 is 4.48. The van der Waals surface area contributed by atoms with E-state index in [-0.39, 0.29) is 4.21 Å². The molecule has 0 spiro atoms. The molecule has 124 valence electrons. The zero-order chi connectivity index (χ0) is 17.2. The van der Waals surface area contributed by atoms with Gasteiger partial charge < -0.3 is 0 Å². The van der Waals surface area contributed by atoms with E-state index in [2.05, 4.69) is 27.1 Å². The Morgan fingerprint density at radius 3 is 2.54 bits per heavy atom. The molecule has 8 heteroatoms. The molecule has 0 amide bonds. The molecule has 24 heavy (non-hydrogen) atoms. The number of halogens is 1. The van der Waals surface area contributed by atoms with Crippen LogP contribution >= 0.6 is 27.3 Å². The SMILES string of the molecule is N#Cc1ccc(C2=NN(S(=O)(=O)c3ccc(Br)s3)CCCC2)cc1. The Kier molecular flexibility index (Phi) is 5.04. The van der Waals surface area contributed by atoms with Crippen molar-refractivity contribution in [3.63, 3.8) is 0 Å². The van der Waals surface area contributed by atoms with Crippen LogP contribution in [0.5, 0.6) is 0 Å². The lowest BCUT2D eigenvalue weighted by molar-refractivity contribution is 0.430. The first kappa shape index (κ1) is 17.1. The zero-order valence-corrected chi connectivity index (χ0v) is 15.9. The maximum atomic E-state index is 12.8. The third kappa shape index (κ3) is 3.53.